The van der Waals surface area contributed by atoms with Crippen molar-refractivity contribution in [2.24, 2.45) is 0 Å². The molecule has 0 atom stereocenters. The fraction of sp³-hybridized carbons (Fsp3) is 0.500. The van der Waals surface area contributed by atoms with Crippen molar-refractivity contribution in [1.82, 2.24) is 4.98 Å². The van der Waals surface area contributed by atoms with Crippen LogP contribution >= 0.6 is 0 Å². The molecule has 0 bridgehead atoms. The van der Waals surface area contributed by atoms with E-state index >= 15 is 0 Å². The summed E-state index contributed by atoms with van der Waals surface area (Å²) >= 11 is 0. The molecule has 0 saturated heterocycles. The van der Waals surface area contributed by atoms with Gasteiger partial charge in [-0.25, -0.2) is 0 Å². The maximum absolute atomic E-state index is 5.39. The lowest BCUT2D eigenvalue weighted by Crippen LogP contribution is -1.96. The standard InChI is InChI=1S/C10H15NO/c1-3-7-12-10-6-5-9(4-2)11-8-10/h5-6,8H,3-4,7H2,1-2H3. The zero-order valence-electron chi connectivity index (χ0n) is 7.71. The van der Waals surface area contributed by atoms with Gasteiger partial charge >= 0.3 is 0 Å². The summed E-state index contributed by atoms with van der Waals surface area (Å²) in [6.45, 7) is 4.95. The number of rotatable bonds is 4. The van der Waals surface area contributed by atoms with Gasteiger partial charge in [-0.05, 0) is 25.0 Å². The van der Waals surface area contributed by atoms with Gasteiger partial charge in [0.2, 0.25) is 0 Å². The van der Waals surface area contributed by atoms with Crippen LogP contribution in [0.4, 0.5) is 0 Å². The van der Waals surface area contributed by atoms with Crippen LogP contribution in [0.3, 0.4) is 0 Å². The Balaban J connectivity index is 2.53. The summed E-state index contributed by atoms with van der Waals surface area (Å²) in [5.41, 5.74) is 1.11. The van der Waals surface area contributed by atoms with Crippen molar-refractivity contribution >= 4 is 0 Å². The van der Waals surface area contributed by atoms with Crippen LogP contribution in [0.1, 0.15) is 26.0 Å². The van der Waals surface area contributed by atoms with Crippen molar-refractivity contribution in [3.63, 3.8) is 0 Å². The number of ether oxygens (including phenoxy) is 1. The van der Waals surface area contributed by atoms with Gasteiger partial charge in [-0.1, -0.05) is 13.8 Å². The lowest BCUT2D eigenvalue weighted by Gasteiger charge is -2.03. The summed E-state index contributed by atoms with van der Waals surface area (Å²) in [4.78, 5) is 4.23. The van der Waals surface area contributed by atoms with Crippen LogP contribution in [0, 0.1) is 0 Å². The fourth-order valence-corrected chi connectivity index (χ4v) is 0.925. The van der Waals surface area contributed by atoms with Gasteiger partial charge in [0.25, 0.3) is 0 Å². The third-order valence-corrected chi connectivity index (χ3v) is 1.63. The molecule has 0 radical (unpaired) electrons. The monoisotopic (exact) mass is 165 g/mol. The normalized spacial score (nSPS) is 9.83. The third kappa shape index (κ3) is 2.53. The Kier molecular flexibility index (Phi) is 3.58. The lowest BCUT2D eigenvalue weighted by atomic mass is 10.3. The fourth-order valence-electron chi connectivity index (χ4n) is 0.925. The largest absolute Gasteiger partial charge is 0.492 e. The molecule has 0 aliphatic rings. The summed E-state index contributed by atoms with van der Waals surface area (Å²) in [6, 6.07) is 3.98. The first-order valence-corrected chi connectivity index (χ1v) is 4.44. The van der Waals surface area contributed by atoms with Crippen LogP contribution in [-0.4, -0.2) is 11.6 Å². The van der Waals surface area contributed by atoms with Crippen molar-refractivity contribution in [2.45, 2.75) is 26.7 Å². The Labute approximate surface area is 73.6 Å². The Hall–Kier alpha value is -1.05. The molecule has 1 aromatic heterocycles. The first-order chi connectivity index (χ1) is 5.86. The minimum absolute atomic E-state index is 0.771. The number of pyridine rings is 1. The molecule has 0 fully saturated rings. The average molecular weight is 165 g/mol. The SMILES string of the molecule is CCCOc1ccc(CC)nc1. The molecule has 2 heteroatoms. The van der Waals surface area contributed by atoms with Crippen molar-refractivity contribution in [2.75, 3.05) is 6.61 Å². The second-order valence-electron chi connectivity index (χ2n) is 2.69. The van der Waals surface area contributed by atoms with Crippen LogP contribution in [0.15, 0.2) is 18.3 Å². The Morgan fingerprint density at radius 2 is 2.17 bits per heavy atom. The second kappa shape index (κ2) is 4.75. The summed E-state index contributed by atoms with van der Waals surface area (Å²) in [5, 5.41) is 0. The minimum Gasteiger partial charge on any atom is -0.492 e. The van der Waals surface area contributed by atoms with E-state index in [2.05, 4.69) is 18.8 Å². The predicted molar refractivity (Wildman–Crippen MR) is 49.4 cm³/mol. The molecule has 1 heterocycles. The molecule has 0 spiro atoms. The van der Waals surface area contributed by atoms with Crippen LogP contribution in [0.5, 0.6) is 5.75 Å². The van der Waals surface area contributed by atoms with E-state index in [4.69, 9.17) is 4.74 Å². The maximum Gasteiger partial charge on any atom is 0.137 e. The molecular formula is C10H15NO. The quantitative estimate of drug-likeness (QED) is 0.683. The molecular weight excluding hydrogens is 150 g/mol. The second-order valence-corrected chi connectivity index (χ2v) is 2.69. The predicted octanol–water partition coefficient (Wildman–Crippen LogP) is 2.43. The Morgan fingerprint density at radius 1 is 1.33 bits per heavy atom. The van der Waals surface area contributed by atoms with Gasteiger partial charge in [0, 0.05) is 5.69 Å². The minimum atomic E-state index is 0.771. The molecule has 2 nitrogen and oxygen atoms in total. The topological polar surface area (TPSA) is 22.1 Å². The van der Waals surface area contributed by atoms with Gasteiger partial charge < -0.3 is 4.74 Å². The molecule has 66 valence electrons. The van der Waals surface area contributed by atoms with E-state index in [0.29, 0.717) is 0 Å². The van der Waals surface area contributed by atoms with E-state index in [1.165, 1.54) is 0 Å². The highest BCUT2D eigenvalue weighted by molar-refractivity contribution is 5.19. The van der Waals surface area contributed by atoms with E-state index in [0.717, 1.165) is 30.9 Å². The van der Waals surface area contributed by atoms with E-state index in [1.807, 2.05) is 12.1 Å². The highest BCUT2D eigenvalue weighted by atomic mass is 16.5. The highest BCUT2D eigenvalue weighted by Gasteiger charge is 1.93. The van der Waals surface area contributed by atoms with E-state index in [9.17, 15) is 0 Å². The number of aryl methyl sites for hydroxylation is 1. The number of hydrogen-bond acceptors (Lipinski definition) is 2. The van der Waals surface area contributed by atoms with Gasteiger partial charge in [-0.2, -0.15) is 0 Å². The van der Waals surface area contributed by atoms with Crippen molar-refractivity contribution < 1.29 is 4.74 Å². The van der Waals surface area contributed by atoms with Crippen molar-refractivity contribution in [1.29, 1.82) is 0 Å². The van der Waals surface area contributed by atoms with Gasteiger partial charge in [0.05, 0.1) is 12.8 Å². The third-order valence-electron chi connectivity index (χ3n) is 1.63. The molecule has 0 aromatic carbocycles. The van der Waals surface area contributed by atoms with Crippen LogP contribution in [0.2, 0.25) is 0 Å². The van der Waals surface area contributed by atoms with Crippen molar-refractivity contribution in [3.8, 4) is 5.75 Å². The van der Waals surface area contributed by atoms with Crippen LogP contribution in [-0.2, 0) is 6.42 Å². The van der Waals surface area contributed by atoms with Gasteiger partial charge in [-0.15, -0.1) is 0 Å². The van der Waals surface area contributed by atoms with E-state index < -0.39 is 0 Å². The number of hydrogen-bond donors (Lipinski definition) is 0. The Bertz CT molecular complexity index is 218. The number of nitrogens with zero attached hydrogens (tertiary/aromatic N) is 1. The molecule has 0 aliphatic heterocycles. The Morgan fingerprint density at radius 3 is 2.67 bits per heavy atom. The smallest absolute Gasteiger partial charge is 0.137 e. The van der Waals surface area contributed by atoms with E-state index in [1.54, 1.807) is 6.20 Å². The van der Waals surface area contributed by atoms with Crippen LogP contribution in [0.25, 0.3) is 0 Å². The summed E-state index contributed by atoms with van der Waals surface area (Å²) in [7, 11) is 0. The summed E-state index contributed by atoms with van der Waals surface area (Å²) < 4.78 is 5.39. The highest BCUT2D eigenvalue weighted by Crippen LogP contribution is 2.09. The van der Waals surface area contributed by atoms with Gasteiger partial charge in [-0.3, -0.25) is 4.98 Å². The first-order valence-electron chi connectivity index (χ1n) is 4.44. The molecule has 0 N–H and O–H groups in total. The summed E-state index contributed by atoms with van der Waals surface area (Å²) in [6.07, 6.45) is 3.80. The molecule has 1 rings (SSSR count). The van der Waals surface area contributed by atoms with E-state index in [-0.39, 0.29) is 0 Å². The lowest BCUT2D eigenvalue weighted by molar-refractivity contribution is 0.316. The zero-order valence-corrected chi connectivity index (χ0v) is 7.71. The number of aromatic nitrogens is 1. The maximum atomic E-state index is 5.39. The average Bonchev–Trinajstić information content (AvgIpc) is 2.15. The molecule has 0 aliphatic carbocycles. The van der Waals surface area contributed by atoms with Gasteiger partial charge in [0.1, 0.15) is 5.75 Å². The molecule has 0 saturated carbocycles. The zero-order chi connectivity index (χ0) is 8.81. The molecule has 0 amide bonds. The van der Waals surface area contributed by atoms with Gasteiger partial charge in [0.15, 0.2) is 0 Å². The molecule has 0 unspecified atom stereocenters. The molecule has 12 heavy (non-hydrogen) atoms. The van der Waals surface area contributed by atoms with Crippen LogP contribution < -0.4 is 4.74 Å². The first kappa shape index (κ1) is 9.04. The van der Waals surface area contributed by atoms with Crippen molar-refractivity contribution in [3.05, 3.63) is 24.0 Å². The summed E-state index contributed by atoms with van der Waals surface area (Å²) in [5.74, 6) is 0.869. The molecule has 1 aromatic rings.